The molecule has 0 saturated carbocycles. The summed E-state index contributed by atoms with van der Waals surface area (Å²) in [5.74, 6) is 0.208. The molecule has 1 fully saturated rings. The van der Waals surface area contributed by atoms with E-state index in [9.17, 15) is 4.79 Å². The molecule has 2 heterocycles. The average Bonchev–Trinajstić information content (AvgIpc) is 3.06. The number of imidazole rings is 1. The van der Waals surface area contributed by atoms with Crippen LogP contribution in [0.25, 0.3) is 0 Å². The molecular formula is C15H18N4O. The first-order valence-electron chi connectivity index (χ1n) is 6.84. The fraction of sp³-hybridized carbons (Fsp3) is 0.333. The third-order valence-electron chi connectivity index (χ3n) is 3.64. The van der Waals surface area contributed by atoms with Crippen molar-refractivity contribution in [3.8, 4) is 0 Å². The van der Waals surface area contributed by atoms with Gasteiger partial charge in [-0.1, -0.05) is 12.1 Å². The zero-order chi connectivity index (χ0) is 13.9. The second kappa shape index (κ2) is 5.36. The van der Waals surface area contributed by atoms with Crippen LogP contribution in [0.1, 0.15) is 18.5 Å². The SMILES string of the molecule is Cn1cncc1CNc1ccccc1N1CCCC1=O. The maximum Gasteiger partial charge on any atom is 0.227 e. The minimum atomic E-state index is 0.208. The standard InChI is InChI=1S/C15H18N4O/c1-18-11-16-9-12(18)10-17-13-5-2-3-6-14(13)19-8-4-7-15(19)20/h2-3,5-6,9,11,17H,4,7-8,10H2,1H3. The zero-order valence-corrected chi connectivity index (χ0v) is 11.5. The number of nitrogens with zero attached hydrogens (tertiary/aromatic N) is 3. The van der Waals surface area contributed by atoms with Gasteiger partial charge in [-0.3, -0.25) is 4.79 Å². The van der Waals surface area contributed by atoms with E-state index in [1.807, 2.05) is 47.0 Å². The van der Waals surface area contributed by atoms with Gasteiger partial charge in [0.15, 0.2) is 0 Å². The zero-order valence-electron chi connectivity index (χ0n) is 11.5. The van der Waals surface area contributed by atoms with Crippen molar-refractivity contribution in [2.24, 2.45) is 7.05 Å². The lowest BCUT2D eigenvalue weighted by Crippen LogP contribution is -2.24. The van der Waals surface area contributed by atoms with E-state index in [-0.39, 0.29) is 5.91 Å². The topological polar surface area (TPSA) is 50.2 Å². The Morgan fingerprint density at radius 2 is 2.20 bits per heavy atom. The van der Waals surface area contributed by atoms with Gasteiger partial charge in [0.1, 0.15) is 0 Å². The number of aryl methyl sites for hydroxylation is 1. The van der Waals surface area contributed by atoms with Crippen LogP contribution in [0.5, 0.6) is 0 Å². The number of carbonyl (C=O) groups excluding carboxylic acids is 1. The lowest BCUT2D eigenvalue weighted by molar-refractivity contribution is -0.117. The predicted octanol–water partition coefficient (Wildman–Crippen LogP) is 2.16. The van der Waals surface area contributed by atoms with E-state index in [0.717, 1.165) is 30.0 Å². The molecule has 1 saturated heterocycles. The van der Waals surface area contributed by atoms with E-state index in [0.29, 0.717) is 13.0 Å². The van der Waals surface area contributed by atoms with Gasteiger partial charge in [-0.15, -0.1) is 0 Å². The second-order valence-corrected chi connectivity index (χ2v) is 5.02. The smallest absolute Gasteiger partial charge is 0.227 e. The van der Waals surface area contributed by atoms with E-state index < -0.39 is 0 Å². The average molecular weight is 270 g/mol. The highest BCUT2D eigenvalue weighted by Gasteiger charge is 2.23. The maximum atomic E-state index is 11.9. The van der Waals surface area contributed by atoms with Crippen molar-refractivity contribution in [2.75, 3.05) is 16.8 Å². The van der Waals surface area contributed by atoms with Crippen LogP contribution in [0.4, 0.5) is 11.4 Å². The molecule has 2 aromatic rings. The third kappa shape index (κ3) is 2.39. The van der Waals surface area contributed by atoms with Gasteiger partial charge in [-0.25, -0.2) is 4.98 Å². The van der Waals surface area contributed by atoms with Crippen molar-refractivity contribution < 1.29 is 4.79 Å². The van der Waals surface area contributed by atoms with Crippen molar-refractivity contribution >= 4 is 17.3 Å². The van der Waals surface area contributed by atoms with Crippen molar-refractivity contribution in [2.45, 2.75) is 19.4 Å². The molecule has 1 aromatic carbocycles. The fourth-order valence-electron chi connectivity index (χ4n) is 2.50. The third-order valence-corrected chi connectivity index (χ3v) is 3.64. The molecule has 3 rings (SSSR count). The molecule has 1 aromatic heterocycles. The van der Waals surface area contributed by atoms with Crippen LogP contribution >= 0.6 is 0 Å². The van der Waals surface area contributed by atoms with Crippen LogP contribution in [0, 0.1) is 0 Å². The molecule has 5 nitrogen and oxygen atoms in total. The molecule has 20 heavy (non-hydrogen) atoms. The largest absolute Gasteiger partial charge is 0.378 e. The number of benzene rings is 1. The number of aromatic nitrogens is 2. The number of para-hydroxylation sites is 2. The fourth-order valence-corrected chi connectivity index (χ4v) is 2.50. The van der Waals surface area contributed by atoms with Crippen LogP contribution in [0.15, 0.2) is 36.8 Å². The molecule has 1 amide bonds. The lowest BCUT2D eigenvalue weighted by Gasteiger charge is -2.20. The van der Waals surface area contributed by atoms with Gasteiger partial charge >= 0.3 is 0 Å². The van der Waals surface area contributed by atoms with E-state index in [1.54, 1.807) is 6.33 Å². The molecular weight excluding hydrogens is 252 g/mol. The Hall–Kier alpha value is -2.30. The summed E-state index contributed by atoms with van der Waals surface area (Å²) in [7, 11) is 1.97. The number of anilines is 2. The number of amides is 1. The van der Waals surface area contributed by atoms with Crippen LogP contribution < -0.4 is 10.2 Å². The molecule has 5 heteroatoms. The molecule has 0 radical (unpaired) electrons. The molecule has 0 unspecified atom stereocenters. The number of hydrogen-bond acceptors (Lipinski definition) is 3. The quantitative estimate of drug-likeness (QED) is 0.926. The molecule has 0 atom stereocenters. The van der Waals surface area contributed by atoms with Gasteiger partial charge in [-0.2, -0.15) is 0 Å². The summed E-state index contributed by atoms with van der Waals surface area (Å²) in [4.78, 5) is 17.9. The first-order chi connectivity index (χ1) is 9.75. The summed E-state index contributed by atoms with van der Waals surface area (Å²) < 4.78 is 1.98. The monoisotopic (exact) mass is 270 g/mol. The lowest BCUT2D eigenvalue weighted by atomic mass is 10.2. The van der Waals surface area contributed by atoms with Gasteiger partial charge in [0.2, 0.25) is 5.91 Å². The summed E-state index contributed by atoms with van der Waals surface area (Å²) in [5, 5.41) is 3.40. The molecule has 0 aliphatic carbocycles. The molecule has 1 aliphatic heterocycles. The summed E-state index contributed by atoms with van der Waals surface area (Å²) in [6, 6.07) is 7.96. The molecule has 0 spiro atoms. The highest BCUT2D eigenvalue weighted by Crippen LogP contribution is 2.29. The van der Waals surface area contributed by atoms with E-state index in [1.165, 1.54) is 0 Å². The van der Waals surface area contributed by atoms with Crippen LogP contribution in [0.3, 0.4) is 0 Å². The van der Waals surface area contributed by atoms with Gasteiger partial charge in [0.05, 0.1) is 29.9 Å². The molecule has 1 aliphatic rings. The number of carbonyl (C=O) groups is 1. The Morgan fingerprint density at radius 1 is 1.35 bits per heavy atom. The van der Waals surface area contributed by atoms with Gasteiger partial charge < -0.3 is 14.8 Å². The Kier molecular flexibility index (Phi) is 3.41. The first-order valence-corrected chi connectivity index (χ1v) is 6.84. The number of nitrogens with one attached hydrogen (secondary N) is 1. The van der Waals surface area contributed by atoms with Gasteiger partial charge in [-0.05, 0) is 18.6 Å². The van der Waals surface area contributed by atoms with Crippen LogP contribution in [-0.2, 0) is 18.4 Å². The summed E-state index contributed by atoms with van der Waals surface area (Å²) in [5.41, 5.74) is 3.06. The second-order valence-electron chi connectivity index (χ2n) is 5.02. The van der Waals surface area contributed by atoms with Crippen LogP contribution in [0.2, 0.25) is 0 Å². The normalized spacial score (nSPS) is 14.8. The summed E-state index contributed by atoms with van der Waals surface area (Å²) >= 11 is 0. The van der Waals surface area contributed by atoms with Crippen molar-refractivity contribution in [1.82, 2.24) is 9.55 Å². The first kappa shape index (κ1) is 12.7. The predicted molar refractivity (Wildman–Crippen MR) is 78.6 cm³/mol. The van der Waals surface area contributed by atoms with Crippen molar-refractivity contribution in [3.05, 3.63) is 42.5 Å². The van der Waals surface area contributed by atoms with Crippen LogP contribution in [-0.4, -0.2) is 22.0 Å². The Bertz CT molecular complexity index is 620. The highest BCUT2D eigenvalue weighted by molar-refractivity contribution is 5.98. The number of rotatable bonds is 4. The maximum absolute atomic E-state index is 11.9. The minimum absolute atomic E-state index is 0.208. The molecule has 104 valence electrons. The van der Waals surface area contributed by atoms with E-state index in [4.69, 9.17) is 0 Å². The number of hydrogen-bond donors (Lipinski definition) is 1. The summed E-state index contributed by atoms with van der Waals surface area (Å²) in [6.07, 6.45) is 5.22. The van der Waals surface area contributed by atoms with E-state index >= 15 is 0 Å². The van der Waals surface area contributed by atoms with E-state index in [2.05, 4.69) is 10.3 Å². The minimum Gasteiger partial charge on any atom is -0.378 e. The molecule has 0 bridgehead atoms. The Morgan fingerprint density at radius 3 is 2.90 bits per heavy atom. The van der Waals surface area contributed by atoms with Crippen molar-refractivity contribution in [3.63, 3.8) is 0 Å². The van der Waals surface area contributed by atoms with Gasteiger partial charge in [0.25, 0.3) is 0 Å². The Balaban J connectivity index is 1.79. The van der Waals surface area contributed by atoms with Gasteiger partial charge in [0, 0.05) is 26.2 Å². The Labute approximate surface area is 118 Å². The molecule has 1 N–H and O–H groups in total. The van der Waals surface area contributed by atoms with Crippen molar-refractivity contribution in [1.29, 1.82) is 0 Å². The summed E-state index contributed by atoms with van der Waals surface area (Å²) in [6.45, 7) is 1.50. The highest BCUT2D eigenvalue weighted by atomic mass is 16.2.